The van der Waals surface area contributed by atoms with Crippen LogP contribution in [0.5, 0.6) is 0 Å². The van der Waals surface area contributed by atoms with E-state index in [1.807, 2.05) is 0 Å². The van der Waals surface area contributed by atoms with Gasteiger partial charge in [0.15, 0.2) is 0 Å². The van der Waals surface area contributed by atoms with E-state index in [4.69, 9.17) is 5.11 Å². The second-order valence-corrected chi connectivity index (χ2v) is 4.91. The van der Waals surface area contributed by atoms with Crippen LogP contribution in [0.2, 0.25) is 0 Å². The molecule has 0 unspecified atom stereocenters. The van der Waals surface area contributed by atoms with Gasteiger partial charge in [0, 0.05) is 6.54 Å². The molecule has 0 bridgehead atoms. The van der Waals surface area contributed by atoms with Gasteiger partial charge in [-0.2, -0.15) is 0 Å². The van der Waals surface area contributed by atoms with Crippen molar-refractivity contribution in [2.75, 3.05) is 26.3 Å². The summed E-state index contributed by atoms with van der Waals surface area (Å²) in [6.07, 6.45) is 0.872. The molecule has 3 nitrogen and oxygen atoms in total. The third kappa shape index (κ3) is 2.91. The molecule has 0 radical (unpaired) electrons. The predicted octanol–water partition coefficient (Wildman–Crippen LogP) is 1.78. The molecule has 1 aliphatic rings. The summed E-state index contributed by atoms with van der Waals surface area (Å²) in [5.74, 6) is -0.401. The van der Waals surface area contributed by atoms with Crippen LogP contribution in [-0.2, 0) is 4.79 Å². The summed E-state index contributed by atoms with van der Waals surface area (Å²) >= 11 is 0. The third-order valence-corrected chi connectivity index (χ3v) is 3.15. The minimum Gasteiger partial charge on any atom is -0.481 e. The number of hydrogen-bond donors (Lipinski definition) is 1. The van der Waals surface area contributed by atoms with Crippen molar-refractivity contribution in [1.29, 1.82) is 0 Å². The monoisotopic (exact) mass is 217 g/mol. The van der Waals surface area contributed by atoms with Gasteiger partial charge in [0.2, 0.25) is 0 Å². The van der Waals surface area contributed by atoms with Crippen molar-refractivity contribution >= 4 is 5.97 Å². The molecule has 4 heteroatoms. The van der Waals surface area contributed by atoms with Crippen molar-refractivity contribution in [2.24, 2.45) is 11.3 Å². The molecule has 1 aliphatic heterocycles. The van der Waals surface area contributed by atoms with Crippen molar-refractivity contribution in [3.8, 4) is 0 Å². The molecule has 1 rings (SSSR count). The fraction of sp³-hybridized carbons (Fsp3) is 0.909. The SMILES string of the molecule is CC(C)CN1CCC(CF)(C(=O)O)CC1. The Morgan fingerprint density at radius 1 is 1.47 bits per heavy atom. The average molecular weight is 217 g/mol. The molecular formula is C11H20FNO2. The van der Waals surface area contributed by atoms with Gasteiger partial charge >= 0.3 is 5.97 Å². The second kappa shape index (κ2) is 4.92. The topological polar surface area (TPSA) is 40.5 Å². The first-order chi connectivity index (χ1) is 7.00. The number of rotatable bonds is 4. The van der Waals surface area contributed by atoms with E-state index in [9.17, 15) is 9.18 Å². The summed E-state index contributed by atoms with van der Waals surface area (Å²) in [4.78, 5) is 13.2. The quantitative estimate of drug-likeness (QED) is 0.780. The molecule has 88 valence electrons. The van der Waals surface area contributed by atoms with Crippen LogP contribution in [0.4, 0.5) is 4.39 Å². The zero-order valence-electron chi connectivity index (χ0n) is 9.50. The van der Waals surface area contributed by atoms with Crippen LogP contribution in [0.1, 0.15) is 26.7 Å². The Hall–Kier alpha value is -0.640. The maximum Gasteiger partial charge on any atom is 0.312 e. The number of hydrogen-bond acceptors (Lipinski definition) is 2. The normalized spacial score (nSPS) is 21.9. The number of piperidine rings is 1. The van der Waals surface area contributed by atoms with Crippen LogP contribution < -0.4 is 0 Å². The first-order valence-corrected chi connectivity index (χ1v) is 5.52. The van der Waals surface area contributed by atoms with Crippen molar-refractivity contribution in [1.82, 2.24) is 4.90 Å². The average Bonchev–Trinajstić information content (AvgIpc) is 2.18. The lowest BCUT2D eigenvalue weighted by Crippen LogP contribution is -2.46. The fourth-order valence-electron chi connectivity index (χ4n) is 2.08. The summed E-state index contributed by atoms with van der Waals surface area (Å²) in [7, 11) is 0. The van der Waals surface area contributed by atoms with Crippen LogP contribution in [-0.4, -0.2) is 42.3 Å². The minimum absolute atomic E-state index is 0.436. The van der Waals surface area contributed by atoms with Crippen molar-refractivity contribution in [3.63, 3.8) is 0 Å². The Morgan fingerprint density at radius 3 is 2.33 bits per heavy atom. The molecule has 1 N–H and O–H groups in total. The lowest BCUT2D eigenvalue weighted by atomic mass is 9.79. The fourth-order valence-corrected chi connectivity index (χ4v) is 2.08. The molecule has 1 fully saturated rings. The second-order valence-electron chi connectivity index (χ2n) is 4.91. The Kier molecular flexibility index (Phi) is 4.08. The number of carboxylic acids is 1. The van der Waals surface area contributed by atoms with Gasteiger partial charge in [-0.05, 0) is 31.8 Å². The van der Waals surface area contributed by atoms with Gasteiger partial charge in [0.25, 0.3) is 0 Å². The minimum atomic E-state index is -1.10. The Labute approximate surface area is 90.3 Å². The highest BCUT2D eigenvalue weighted by Gasteiger charge is 2.41. The van der Waals surface area contributed by atoms with Gasteiger partial charge in [-0.3, -0.25) is 4.79 Å². The molecule has 15 heavy (non-hydrogen) atoms. The van der Waals surface area contributed by atoms with E-state index in [2.05, 4.69) is 18.7 Å². The van der Waals surface area contributed by atoms with E-state index >= 15 is 0 Å². The molecule has 1 saturated heterocycles. The molecular weight excluding hydrogens is 197 g/mol. The molecule has 0 spiro atoms. The van der Waals surface area contributed by atoms with Crippen LogP contribution in [0, 0.1) is 11.3 Å². The first-order valence-electron chi connectivity index (χ1n) is 5.52. The van der Waals surface area contributed by atoms with Crippen LogP contribution in [0.15, 0.2) is 0 Å². The van der Waals surface area contributed by atoms with Crippen molar-refractivity contribution in [2.45, 2.75) is 26.7 Å². The van der Waals surface area contributed by atoms with Gasteiger partial charge in [-0.15, -0.1) is 0 Å². The molecule has 0 saturated carbocycles. The van der Waals surface area contributed by atoms with E-state index < -0.39 is 18.1 Å². The zero-order chi connectivity index (χ0) is 11.5. The molecule has 1 heterocycles. The molecule has 0 aromatic rings. The summed E-state index contributed by atoms with van der Waals surface area (Å²) in [6.45, 7) is 5.91. The van der Waals surface area contributed by atoms with Gasteiger partial charge in [0.05, 0.1) is 5.41 Å². The Balaban J connectivity index is 2.50. The first kappa shape index (κ1) is 12.4. The van der Waals surface area contributed by atoms with Crippen LogP contribution in [0.3, 0.4) is 0 Å². The molecule has 0 atom stereocenters. The summed E-state index contributed by atoms with van der Waals surface area (Å²) in [5, 5.41) is 9.00. The van der Waals surface area contributed by atoms with Crippen molar-refractivity contribution < 1.29 is 14.3 Å². The van der Waals surface area contributed by atoms with E-state index in [0.717, 1.165) is 6.54 Å². The van der Waals surface area contributed by atoms with E-state index in [-0.39, 0.29) is 0 Å². The van der Waals surface area contributed by atoms with E-state index in [1.54, 1.807) is 0 Å². The molecule has 0 aromatic carbocycles. The Bertz CT molecular complexity index is 223. The zero-order valence-corrected chi connectivity index (χ0v) is 9.50. The van der Waals surface area contributed by atoms with Gasteiger partial charge in [0.1, 0.15) is 6.67 Å². The number of carboxylic acid groups (broad SMARTS) is 1. The third-order valence-electron chi connectivity index (χ3n) is 3.15. The van der Waals surface area contributed by atoms with Gasteiger partial charge < -0.3 is 10.0 Å². The Morgan fingerprint density at radius 2 is 2.00 bits per heavy atom. The maximum atomic E-state index is 12.8. The predicted molar refractivity (Wildman–Crippen MR) is 56.6 cm³/mol. The smallest absolute Gasteiger partial charge is 0.312 e. The molecule has 0 aromatic heterocycles. The van der Waals surface area contributed by atoms with Gasteiger partial charge in [-0.25, -0.2) is 4.39 Å². The highest BCUT2D eigenvalue weighted by atomic mass is 19.1. The van der Waals surface area contributed by atoms with Gasteiger partial charge in [-0.1, -0.05) is 13.8 Å². The molecule has 0 aliphatic carbocycles. The number of carbonyl (C=O) groups is 1. The van der Waals surface area contributed by atoms with E-state index in [0.29, 0.717) is 31.8 Å². The standard InChI is InChI=1S/C11H20FNO2/c1-9(2)7-13-5-3-11(8-12,4-6-13)10(14)15/h9H,3-8H2,1-2H3,(H,14,15). The number of nitrogens with zero attached hydrogens (tertiary/aromatic N) is 1. The molecule has 0 amide bonds. The maximum absolute atomic E-state index is 12.8. The highest BCUT2D eigenvalue weighted by molar-refractivity contribution is 5.75. The van der Waals surface area contributed by atoms with Crippen LogP contribution in [0.25, 0.3) is 0 Å². The number of halogens is 1. The lowest BCUT2D eigenvalue weighted by molar-refractivity contribution is -0.153. The van der Waals surface area contributed by atoms with E-state index in [1.165, 1.54) is 0 Å². The lowest BCUT2D eigenvalue weighted by Gasteiger charge is -2.37. The largest absolute Gasteiger partial charge is 0.481 e. The number of likely N-dealkylation sites (tertiary alicyclic amines) is 1. The number of aliphatic carboxylic acids is 1. The van der Waals surface area contributed by atoms with Crippen LogP contribution >= 0.6 is 0 Å². The summed E-state index contributed by atoms with van der Waals surface area (Å²) in [6, 6.07) is 0. The highest BCUT2D eigenvalue weighted by Crippen LogP contribution is 2.32. The summed E-state index contributed by atoms with van der Waals surface area (Å²) < 4.78 is 12.8. The van der Waals surface area contributed by atoms with Crippen molar-refractivity contribution in [3.05, 3.63) is 0 Å². The number of alkyl halides is 1. The summed E-state index contributed by atoms with van der Waals surface area (Å²) in [5.41, 5.74) is -1.10.